The summed E-state index contributed by atoms with van der Waals surface area (Å²) >= 11 is 0. The second kappa shape index (κ2) is 19.4. The summed E-state index contributed by atoms with van der Waals surface area (Å²) in [6.07, 6.45) is 0. The zero-order chi connectivity index (χ0) is 51.9. The predicted molar refractivity (Wildman–Crippen MR) is 316 cm³/mol. The van der Waals surface area contributed by atoms with Gasteiger partial charge in [-0.15, -0.1) is 0 Å². The van der Waals surface area contributed by atoms with E-state index in [0.29, 0.717) is 56.8 Å². The molecule has 14 aromatic rings. The van der Waals surface area contributed by atoms with Crippen molar-refractivity contribution in [3.05, 3.63) is 266 Å². The molecule has 0 fully saturated rings. The van der Waals surface area contributed by atoms with E-state index >= 15 is 0 Å². The Kier molecular flexibility index (Phi) is 11.4. The summed E-state index contributed by atoms with van der Waals surface area (Å²) in [6, 6.07) is 85.9. The standard InChI is InChI=1S/C70H42N8/c1-71-69-62(52-40-38-50-54(44-22-8-2-9-23-44)42-60(46-26-12-4-13-27-46)74-65(50)67(52)76-63(69)48-30-16-6-17-31-48)58-36-20-34-56(72-58)57-35-21-37-59(73-57)64-53-41-39-51-55(45-24-10-3-11-25-45)43-61(47-28-14-5-15-29-47)75-66(51)68(53)78-70(77-64)49-32-18-7-19-33-49/h2-43H. The first kappa shape index (κ1) is 45.7. The Bertz CT molecular complexity index is 4650. The van der Waals surface area contributed by atoms with Crippen LogP contribution >= 0.6 is 0 Å². The fraction of sp³-hybridized carbons (Fsp3) is 0. The molecular formula is C70H42N8. The lowest BCUT2D eigenvalue weighted by atomic mass is 9.94. The Balaban J connectivity index is 0.971. The molecule has 0 aliphatic rings. The number of aromatic nitrogens is 7. The first-order valence-corrected chi connectivity index (χ1v) is 25.8. The lowest BCUT2D eigenvalue weighted by Crippen LogP contribution is -2.00. The topological polar surface area (TPSA) is 94.6 Å². The fourth-order valence-electron chi connectivity index (χ4n) is 10.6. The SMILES string of the molecule is [C-]#[N+]c1c(-c2ccccc2)nc2c(ccc3c(-c4ccccc4)cc(-c4ccccc4)nc32)c1-c1cccc(-c2cccc(-c3nc(-c4ccccc4)nc4c3ccc3c(-c5ccccc5)cc(-c5ccccc5)nc34)n2)n1. The summed E-state index contributed by atoms with van der Waals surface area (Å²) < 4.78 is 0. The third-order valence-corrected chi connectivity index (χ3v) is 14.3. The molecule has 0 bridgehead atoms. The van der Waals surface area contributed by atoms with E-state index in [0.717, 1.165) is 94.0 Å². The van der Waals surface area contributed by atoms with Crippen molar-refractivity contribution in [3.63, 3.8) is 0 Å². The van der Waals surface area contributed by atoms with Crippen molar-refractivity contribution in [1.29, 1.82) is 0 Å². The second-order valence-electron chi connectivity index (χ2n) is 19.0. The molecule has 0 aliphatic heterocycles. The molecule has 14 rings (SSSR count). The van der Waals surface area contributed by atoms with Gasteiger partial charge in [-0.1, -0.05) is 212 Å². The molecule has 8 nitrogen and oxygen atoms in total. The van der Waals surface area contributed by atoms with Crippen LogP contribution in [0.25, 0.3) is 150 Å². The molecule has 6 aromatic heterocycles. The first-order chi connectivity index (χ1) is 38.6. The molecule has 0 N–H and O–H groups in total. The van der Waals surface area contributed by atoms with Gasteiger partial charge in [0.2, 0.25) is 5.69 Å². The number of hydrogen-bond acceptors (Lipinski definition) is 7. The third-order valence-electron chi connectivity index (χ3n) is 14.3. The van der Waals surface area contributed by atoms with Crippen LogP contribution in [0.2, 0.25) is 0 Å². The maximum Gasteiger partial charge on any atom is 0.222 e. The lowest BCUT2D eigenvalue weighted by Gasteiger charge is -2.17. The lowest BCUT2D eigenvalue weighted by molar-refractivity contribution is 1.19. The van der Waals surface area contributed by atoms with Crippen molar-refractivity contribution in [2.24, 2.45) is 0 Å². The summed E-state index contributed by atoms with van der Waals surface area (Å²) in [7, 11) is 0. The molecule has 8 aromatic carbocycles. The maximum atomic E-state index is 8.82. The first-order valence-electron chi connectivity index (χ1n) is 25.8. The normalized spacial score (nSPS) is 11.3. The second-order valence-corrected chi connectivity index (χ2v) is 19.0. The fourth-order valence-corrected chi connectivity index (χ4v) is 10.6. The molecule has 0 unspecified atom stereocenters. The van der Waals surface area contributed by atoms with Crippen LogP contribution in [-0.4, -0.2) is 34.9 Å². The van der Waals surface area contributed by atoms with Crippen molar-refractivity contribution in [3.8, 4) is 101 Å². The Labute approximate surface area is 449 Å². The molecule has 0 atom stereocenters. The highest BCUT2D eigenvalue weighted by Gasteiger charge is 2.24. The molecule has 78 heavy (non-hydrogen) atoms. The van der Waals surface area contributed by atoms with Gasteiger partial charge in [0.25, 0.3) is 0 Å². The predicted octanol–water partition coefficient (Wildman–Crippen LogP) is 17.6. The van der Waals surface area contributed by atoms with Gasteiger partial charge in [-0.25, -0.2) is 34.7 Å². The molecule has 362 valence electrons. The Hall–Kier alpha value is -10.9. The van der Waals surface area contributed by atoms with Crippen molar-refractivity contribution < 1.29 is 0 Å². The van der Waals surface area contributed by atoms with E-state index in [1.54, 1.807) is 0 Å². The molecule has 0 radical (unpaired) electrons. The van der Waals surface area contributed by atoms with Crippen molar-refractivity contribution in [2.45, 2.75) is 0 Å². The molecule has 0 aliphatic carbocycles. The van der Waals surface area contributed by atoms with Crippen LogP contribution in [-0.2, 0) is 0 Å². The minimum absolute atomic E-state index is 0.398. The summed E-state index contributed by atoms with van der Waals surface area (Å²) in [5, 5.41) is 3.52. The average molecular weight is 995 g/mol. The molecule has 8 heteroatoms. The molecule has 0 saturated carbocycles. The van der Waals surface area contributed by atoms with Gasteiger partial charge in [-0.3, -0.25) is 4.98 Å². The van der Waals surface area contributed by atoms with E-state index in [1.165, 1.54) is 0 Å². The van der Waals surface area contributed by atoms with E-state index in [4.69, 9.17) is 41.5 Å². The van der Waals surface area contributed by atoms with Crippen LogP contribution in [0.4, 0.5) is 5.69 Å². The Morgan fingerprint density at radius 2 is 0.654 bits per heavy atom. The zero-order valence-corrected chi connectivity index (χ0v) is 41.8. The Morgan fingerprint density at radius 3 is 1.17 bits per heavy atom. The van der Waals surface area contributed by atoms with Gasteiger partial charge in [-0.2, -0.15) is 0 Å². The minimum Gasteiger partial charge on any atom is -0.257 e. The molecule has 6 heterocycles. The van der Waals surface area contributed by atoms with E-state index in [1.807, 2.05) is 146 Å². The van der Waals surface area contributed by atoms with Crippen molar-refractivity contribution >= 4 is 49.3 Å². The quantitative estimate of drug-likeness (QED) is 0.105. The van der Waals surface area contributed by atoms with E-state index in [-0.39, 0.29) is 0 Å². The highest BCUT2D eigenvalue weighted by molar-refractivity contribution is 6.16. The van der Waals surface area contributed by atoms with Gasteiger partial charge < -0.3 is 0 Å². The summed E-state index contributed by atoms with van der Waals surface area (Å²) in [5.41, 5.74) is 17.3. The highest BCUT2D eigenvalue weighted by atomic mass is 14.9. The van der Waals surface area contributed by atoms with Crippen LogP contribution in [0.15, 0.2) is 255 Å². The third kappa shape index (κ3) is 8.16. The van der Waals surface area contributed by atoms with Crippen LogP contribution in [0.3, 0.4) is 0 Å². The van der Waals surface area contributed by atoms with E-state index in [9.17, 15) is 0 Å². The van der Waals surface area contributed by atoms with Gasteiger partial charge in [-0.05, 0) is 70.3 Å². The van der Waals surface area contributed by atoms with Crippen molar-refractivity contribution in [1.82, 2.24) is 34.9 Å². The van der Waals surface area contributed by atoms with Crippen LogP contribution in [0, 0.1) is 6.57 Å². The number of nitrogens with zero attached hydrogens (tertiary/aromatic N) is 8. The minimum atomic E-state index is 0.398. The highest BCUT2D eigenvalue weighted by Crippen LogP contribution is 2.46. The van der Waals surface area contributed by atoms with Gasteiger partial charge in [0.15, 0.2) is 5.82 Å². The van der Waals surface area contributed by atoms with Gasteiger partial charge in [0.1, 0.15) is 11.2 Å². The van der Waals surface area contributed by atoms with Crippen LogP contribution < -0.4 is 0 Å². The molecule has 0 spiro atoms. The maximum absolute atomic E-state index is 8.82. The number of pyridine rings is 5. The number of hydrogen-bond donors (Lipinski definition) is 0. The Morgan fingerprint density at radius 1 is 0.256 bits per heavy atom. The van der Waals surface area contributed by atoms with Gasteiger partial charge in [0.05, 0.1) is 63.0 Å². The van der Waals surface area contributed by atoms with E-state index < -0.39 is 0 Å². The summed E-state index contributed by atoms with van der Waals surface area (Å²) in [4.78, 5) is 41.9. The van der Waals surface area contributed by atoms with Gasteiger partial charge >= 0.3 is 0 Å². The van der Waals surface area contributed by atoms with E-state index in [2.05, 4.69) is 114 Å². The number of rotatable bonds is 9. The van der Waals surface area contributed by atoms with Crippen LogP contribution in [0.1, 0.15) is 0 Å². The smallest absolute Gasteiger partial charge is 0.222 e. The molecular weight excluding hydrogens is 953 g/mol. The summed E-state index contributed by atoms with van der Waals surface area (Å²) in [6.45, 7) is 8.82. The summed E-state index contributed by atoms with van der Waals surface area (Å²) in [5.74, 6) is 0.561. The molecule has 0 saturated heterocycles. The monoisotopic (exact) mass is 994 g/mol. The average Bonchev–Trinajstić information content (AvgIpc) is 3.65. The van der Waals surface area contributed by atoms with Crippen molar-refractivity contribution in [2.75, 3.05) is 0 Å². The molecule has 0 amide bonds. The van der Waals surface area contributed by atoms with Gasteiger partial charge in [0, 0.05) is 43.8 Å². The zero-order valence-electron chi connectivity index (χ0n) is 41.8. The number of fused-ring (bicyclic) bond motifs is 6. The van der Waals surface area contributed by atoms with Crippen LogP contribution in [0.5, 0.6) is 0 Å². The number of benzene rings is 8. The largest absolute Gasteiger partial charge is 0.257 e.